The highest BCUT2D eigenvalue weighted by molar-refractivity contribution is 9.10. The first kappa shape index (κ1) is 17.1. The van der Waals surface area contributed by atoms with Crippen LogP contribution in [-0.2, 0) is 6.42 Å². The quantitative estimate of drug-likeness (QED) is 0.649. The zero-order chi connectivity index (χ0) is 17.6. The van der Waals surface area contributed by atoms with E-state index in [4.69, 9.17) is 0 Å². The van der Waals surface area contributed by atoms with Gasteiger partial charge in [-0.3, -0.25) is 4.79 Å². The van der Waals surface area contributed by atoms with Crippen LogP contribution in [-0.4, -0.2) is 15.9 Å². The van der Waals surface area contributed by atoms with Crippen LogP contribution in [0.3, 0.4) is 0 Å². The molecule has 1 aromatic heterocycles. The second-order valence-corrected chi connectivity index (χ2v) is 6.35. The molecule has 1 heterocycles. The Balaban J connectivity index is 1.65. The fraction of sp³-hybridized carbons (Fsp3) is 0.105. The van der Waals surface area contributed by atoms with Crippen LogP contribution in [0.25, 0.3) is 0 Å². The van der Waals surface area contributed by atoms with Crippen LogP contribution in [0, 0.1) is 0 Å². The zero-order valence-electron chi connectivity index (χ0n) is 13.7. The van der Waals surface area contributed by atoms with Gasteiger partial charge in [-0.2, -0.15) is 0 Å². The lowest BCUT2D eigenvalue weighted by atomic mass is 10.1. The molecular weight excluding hydrogens is 380 g/mol. The molecule has 0 aliphatic rings. The highest BCUT2D eigenvalue weighted by Gasteiger charge is 2.08. The number of benzene rings is 2. The van der Waals surface area contributed by atoms with Gasteiger partial charge in [-0.05, 0) is 42.3 Å². The summed E-state index contributed by atoms with van der Waals surface area (Å²) in [5.74, 6) is 0.195. The SMILES string of the molecule is CCc1ccc(NC(=O)c2cnc(Nc3cccc(Br)c3)nc2)cc1. The van der Waals surface area contributed by atoms with Crippen LogP contribution in [0.2, 0.25) is 0 Å². The Bertz CT molecular complexity index is 863. The Morgan fingerprint density at radius 1 is 1.04 bits per heavy atom. The monoisotopic (exact) mass is 396 g/mol. The standard InChI is InChI=1S/C19H17BrN4O/c1-2-13-6-8-16(9-7-13)23-18(25)14-11-21-19(22-12-14)24-17-5-3-4-15(20)10-17/h3-12H,2H2,1H3,(H,23,25)(H,21,22,24). The van der Waals surface area contributed by atoms with Crippen molar-refractivity contribution < 1.29 is 4.79 Å². The number of hydrogen-bond acceptors (Lipinski definition) is 4. The molecule has 2 aromatic carbocycles. The Morgan fingerprint density at radius 3 is 2.40 bits per heavy atom. The number of rotatable bonds is 5. The number of hydrogen-bond donors (Lipinski definition) is 2. The van der Waals surface area contributed by atoms with Gasteiger partial charge in [-0.25, -0.2) is 9.97 Å². The van der Waals surface area contributed by atoms with Gasteiger partial charge in [0.25, 0.3) is 5.91 Å². The van der Waals surface area contributed by atoms with Crippen LogP contribution in [0.1, 0.15) is 22.8 Å². The second-order valence-electron chi connectivity index (χ2n) is 5.44. The summed E-state index contributed by atoms with van der Waals surface area (Å²) < 4.78 is 0.961. The average molecular weight is 397 g/mol. The summed E-state index contributed by atoms with van der Waals surface area (Å²) in [5.41, 5.74) is 3.24. The molecule has 0 saturated carbocycles. The molecule has 1 amide bonds. The normalized spacial score (nSPS) is 10.3. The fourth-order valence-electron chi connectivity index (χ4n) is 2.23. The third kappa shape index (κ3) is 4.64. The first-order chi connectivity index (χ1) is 12.1. The Labute approximate surface area is 154 Å². The van der Waals surface area contributed by atoms with Crippen molar-refractivity contribution >= 4 is 39.2 Å². The highest BCUT2D eigenvalue weighted by Crippen LogP contribution is 2.18. The van der Waals surface area contributed by atoms with Gasteiger partial charge in [0.1, 0.15) is 0 Å². The lowest BCUT2D eigenvalue weighted by Gasteiger charge is -2.07. The van der Waals surface area contributed by atoms with Gasteiger partial charge in [0.15, 0.2) is 0 Å². The number of carbonyl (C=O) groups excluding carboxylic acids is 1. The van der Waals surface area contributed by atoms with E-state index in [0.717, 1.165) is 22.3 Å². The van der Waals surface area contributed by atoms with Crippen molar-refractivity contribution in [2.75, 3.05) is 10.6 Å². The Hall–Kier alpha value is -2.73. The average Bonchev–Trinajstić information content (AvgIpc) is 2.63. The molecule has 0 radical (unpaired) electrons. The predicted molar refractivity (Wildman–Crippen MR) is 103 cm³/mol. The molecule has 3 rings (SSSR count). The molecule has 126 valence electrons. The summed E-state index contributed by atoms with van der Waals surface area (Å²) in [5, 5.41) is 5.93. The highest BCUT2D eigenvalue weighted by atomic mass is 79.9. The first-order valence-electron chi connectivity index (χ1n) is 7.89. The van der Waals surface area contributed by atoms with Gasteiger partial charge in [0.05, 0.1) is 5.56 Å². The van der Waals surface area contributed by atoms with Crippen molar-refractivity contribution in [3.63, 3.8) is 0 Å². The smallest absolute Gasteiger partial charge is 0.258 e. The minimum atomic E-state index is -0.238. The molecule has 0 saturated heterocycles. The molecule has 0 unspecified atom stereocenters. The van der Waals surface area contributed by atoms with E-state index in [0.29, 0.717) is 11.5 Å². The maximum Gasteiger partial charge on any atom is 0.258 e. The summed E-state index contributed by atoms with van der Waals surface area (Å²) >= 11 is 3.41. The number of amides is 1. The molecule has 5 nitrogen and oxygen atoms in total. The molecule has 0 aliphatic heterocycles. The molecule has 0 atom stereocenters. The van der Waals surface area contributed by atoms with Crippen LogP contribution in [0.4, 0.5) is 17.3 Å². The molecule has 0 bridgehead atoms. The summed E-state index contributed by atoms with van der Waals surface area (Å²) in [7, 11) is 0. The van der Waals surface area contributed by atoms with E-state index < -0.39 is 0 Å². The van der Waals surface area contributed by atoms with Crippen molar-refractivity contribution in [1.29, 1.82) is 0 Å². The van der Waals surface area contributed by atoms with Crippen molar-refractivity contribution in [1.82, 2.24) is 9.97 Å². The van der Waals surface area contributed by atoms with Gasteiger partial charge < -0.3 is 10.6 Å². The van der Waals surface area contributed by atoms with E-state index in [9.17, 15) is 4.79 Å². The van der Waals surface area contributed by atoms with E-state index in [2.05, 4.69) is 43.5 Å². The molecule has 6 heteroatoms. The summed E-state index contributed by atoms with van der Waals surface area (Å²) in [6.45, 7) is 2.09. The molecular formula is C19H17BrN4O. The Kier molecular flexibility index (Phi) is 5.40. The number of halogens is 1. The lowest BCUT2D eigenvalue weighted by Crippen LogP contribution is -2.13. The number of aryl methyl sites for hydroxylation is 1. The number of nitrogens with one attached hydrogen (secondary N) is 2. The largest absolute Gasteiger partial charge is 0.324 e. The summed E-state index contributed by atoms with van der Waals surface area (Å²) in [6.07, 6.45) is 3.97. The number of carbonyl (C=O) groups is 1. The van der Waals surface area contributed by atoms with E-state index in [1.54, 1.807) is 0 Å². The number of nitrogens with zero attached hydrogens (tertiary/aromatic N) is 2. The minimum Gasteiger partial charge on any atom is -0.324 e. The molecule has 25 heavy (non-hydrogen) atoms. The predicted octanol–water partition coefficient (Wildman–Crippen LogP) is 4.80. The van der Waals surface area contributed by atoms with E-state index in [-0.39, 0.29) is 5.91 Å². The lowest BCUT2D eigenvalue weighted by molar-refractivity contribution is 0.102. The van der Waals surface area contributed by atoms with Crippen molar-refractivity contribution in [3.05, 3.63) is 76.5 Å². The van der Waals surface area contributed by atoms with Crippen LogP contribution in [0.5, 0.6) is 0 Å². The van der Waals surface area contributed by atoms with Crippen molar-refractivity contribution in [2.24, 2.45) is 0 Å². The van der Waals surface area contributed by atoms with E-state index >= 15 is 0 Å². The van der Waals surface area contributed by atoms with Crippen molar-refractivity contribution in [2.45, 2.75) is 13.3 Å². The Morgan fingerprint density at radius 2 is 1.76 bits per heavy atom. The third-order valence-electron chi connectivity index (χ3n) is 3.61. The summed E-state index contributed by atoms with van der Waals surface area (Å²) in [6, 6.07) is 15.5. The van der Waals surface area contributed by atoms with Gasteiger partial charge in [0.2, 0.25) is 5.95 Å². The second kappa shape index (κ2) is 7.90. The maximum absolute atomic E-state index is 12.3. The van der Waals surface area contributed by atoms with Gasteiger partial charge in [-0.1, -0.05) is 41.1 Å². The van der Waals surface area contributed by atoms with Crippen LogP contribution >= 0.6 is 15.9 Å². The van der Waals surface area contributed by atoms with Crippen molar-refractivity contribution in [3.8, 4) is 0 Å². The topological polar surface area (TPSA) is 66.9 Å². The number of aromatic nitrogens is 2. The fourth-order valence-corrected chi connectivity index (χ4v) is 2.63. The van der Waals surface area contributed by atoms with E-state index in [1.165, 1.54) is 18.0 Å². The molecule has 0 spiro atoms. The van der Waals surface area contributed by atoms with Gasteiger partial charge in [-0.15, -0.1) is 0 Å². The summed E-state index contributed by atoms with van der Waals surface area (Å²) in [4.78, 5) is 20.7. The van der Waals surface area contributed by atoms with Gasteiger partial charge >= 0.3 is 0 Å². The number of anilines is 3. The zero-order valence-corrected chi connectivity index (χ0v) is 15.2. The molecule has 3 aromatic rings. The third-order valence-corrected chi connectivity index (χ3v) is 4.11. The molecule has 2 N–H and O–H groups in total. The first-order valence-corrected chi connectivity index (χ1v) is 8.68. The maximum atomic E-state index is 12.3. The van der Waals surface area contributed by atoms with Gasteiger partial charge in [0, 0.05) is 28.2 Å². The minimum absolute atomic E-state index is 0.238. The van der Waals surface area contributed by atoms with E-state index in [1.807, 2.05) is 48.5 Å². The van der Waals surface area contributed by atoms with Crippen LogP contribution < -0.4 is 10.6 Å². The molecule has 0 aliphatic carbocycles. The molecule has 0 fully saturated rings. The van der Waals surface area contributed by atoms with Crippen LogP contribution in [0.15, 0.2) is 65.4 Å².